The lowest BCUT2D eigenvalue weighted by Crippen LogP contribution is -2.77. The number of benzene rings is 1. The molecular weight excluding hydrogens is 470 g/mol. The number of carbonyl (C=O) groups is 5. The maximum absolute atomic E-state index is 13.9. The van der Waals surface area contributed by atoms with Crippen LogP contribution in [0.1, 0.15) is 28.8 Å². The number of primary amides is 1. The number of ketones is 4. The van der Waals surface area contributed by atoms with E-state index in [1.54, 1.807) is 25.1 Å². The highest BCUT2D eigenvalue weighted by Gasteiger charge is 2.72. The first-order valence-electron chi connectivity index (χ1n) is 11.6. The van der Waals surface area contributed by atoms with Gasteiger partial charge in [-0.1, -0.05) is 19.1 Å². The van der Waals surface area contributed by atoms with Crippen LogP contribution in [0.5, 0.6) is 5.75 Å². The number of hydrogen-bond donors (Lipinski definition) is 5. The molecule has 0 heterocycles. The number of likely N-dealkylation sites (N-methyl/N-ethyl adjacent to an activating group) is 1. The van der Waals surface area contributed by atoms with Crippen LogP contribution in [0.4, 0.5) is 5.69 Å². The van der Waals surface area contributed by atoms with E-state index in [9.17, 15) is 39.3 Å². The van der Waals surface area contributed by atoms with Crippen LogP contribution in [-0.4, -0.2) is 87.6 Å². The smallest absolute Gasteiger partial charge is 0.235 e. The van der Waals surface area contributed by atoms with Crippen molar-refractivity contribution >= 4 is 34.7 Å². The van der Waals surface area contributed by atoms with Gasteiger partial charge < -0.3 is 26.4 Å². The molecule has 36 heavy (non-hydrogen) atoms. The number of aliphatic hydroxyl groups is 2. The summed E-state index contributed by atoms with van der Waals surface area (Å²) in [7, 11) is 2.89. The number of carbonyl (C=O) groups excluding carboxylic acids is 5. The molecule has 1 amide bonds. The Morgan fingerprint density at radius 2 is 1.86 bits per heavy atom. The van der Waals surface area contributed by atoms with Crippen molar-refractivity contribution in [2.24, 2.45) is 29.4 Å². The van der Waals surface area contributed by atoms with Gasteiger partial charge in [-0.15, -0.1) is 6.58 Å². The predicted molar refractivity (Wildman–Crippen MR) is 126 cm³/mol. The van der Waals surface area contributed by atoms with Crippen molar-refractivity contribution in [3.05, 3.63) is 35.9 Å². The summed E-state index contributed by atoms with van der Waals surface area (Å²) in [6.07, 6.45) is -0.109. The Bertz CT molecular complexity index is 1210. The largest absolute Gasteiger partial charge is 0.505 e. The molecular formula is C25H29N3O8. The molecule has 0 spiro atoms. The highest BCUT2D eigenvalue weighted by atomic mass is 16.3. The minimum atomic E-state index is -3.01. The van der Waals surface area contributed by atoms with Crippen molar-refractivity contribution < 1.29 is 39.3 Å². The van der Waals surface area contributed by atoms with E-state index in [0.717, 1.165) is 0 Å². The number of phenolic OH excluding ortho intramolecular Hbond substituents is 1. The number of fused-ring (bicyclic) bond motifs is 3. The molecule has 3 aliphatic rings. The van der Waals surface area contributed by atoms with Crippen molar-refractivity contribution in [1.82, 2.24) is 4.90 Å². The second kappa shape index (κ2) is 8.61. The number of amides is 1. The summed E-state index contributed by atoms with van der Waals surface area (Å²) in [6, 6.07) is 1.76. The SMILES string of the molecule is C=CCNc1ccc2c(c1O)C(=O)C1C(=O)[C@@]3(O)C(=O)C(C(N)=O)C(=O)[C@H](N(C)C)[C@H]3[C@H](O)[C@H]1[C@@H]2C. The second-order valence-corrected chi connectivity index (χ2v) is 9.96. The quantitative estimate of drug-likeness (QED) is 0.191. The van der Waals surface area contributed by atoms with Crippen LogP contribution in [-0.2, 0) is 19.2 Å². The van der Waals surface area contributed by atoms with Gasteiger partial charge in [0.05, 0.1) is 35.2 Å². The molecule has 2 saturated carbocycles. The molecule has 0 aromatic heterocycles. The Labute approximate surface area is 206 Å². The monoisotopic (exact) mass is 499 g/mol. The zero-order valence-electron chi connectivity index (χ0n) is 20.1. The third kappa shape index (κ3) is 3.19. The molecule has 3 aliphatic carbocycles. The van der Waals surface area contributed by atoms with Gasteiger partial charge in [0.2, 0.25) is 5.91 Å². The Kier molecular flexibility index (Phi) is 6.14. The molecule has 11 heteroatoms. The Morgan fingerprint density at radius 1 is 1.22 bits per heavy atom. The van der Waals surface area contributed by atoms with Gasteiger partial charge in [0, 0.05) is 12.5 Å². The van der Waals surface area contributed by atoms with Crippen molar-refractivity contribution in [3.8, 4) is 5.75 Å². The Morgan fingerprint density at radius 3 is 2.42 bits per heavy atom. The molecule has 0 saturated heterocycles. The summed E-state index contributed by atoms with van der Waals surface area (Å²) in [4.78, 5) is 67.3. The molecule has 1 aromatic rings. The minimum absolute atomic E-state index is 0.157. The average Bonchev–Trinajstić information content (AvgIpc) is 2.80. The van der Waals surface area contributed by atoms with Crippen LogP contribution in [0, 0.1) is 23.7 Å². The van der Waals surface area contributed by atoms with Crippen LogP contribution in [0.2, 0.25) is 0 Å². The van der Waals surface area contributed by atoms with E-state index in [-0.39, 0.29) is 17.8 Å². The molecule has 1 aromatic carbocycles. The zero-order valence-corrected chi connectivity index (χ0v) is 20.1. The number of nitrogens with one attached hydrogen (secondary N) is 1. The molecule has 6 N–H and O–H groups in total. The van der Waals surface area contributed by atoms with Gasteiger partial charge in [-0.2, -0.15) is 0 Å². The highest BCUT2D eigenvalue weighted by Crippen LogP contribution is 2.55. The summed E-state index contributed by atoms with van der Waals surface area (Å²) in [5.74, 6) is -13.4. The van der Waals surface area contributed by atoms with E-state index in [0.29, 0.717) is 5.56 Å². The number of phenols is 1. The minimum Gasteiger partial charge on any atom is -0.505 e. The van der Waals surface area contributed by atoms with E-state index in [1.165, 1.54) is 19.0 Å². The first kappa shape index (κ1) is 25.7. The van der Waals surface area contributed by atoms with E-state index in [1.807, 2.05) is 0 Å². The third-order valence-corrected chi connectivity index (χ3v) is 7.93. The van der Waals surface area contributed by atoms with E-state index < -0.39 is 82.1 Å². The fourth-order valence-corrected chi connectivity index (χ4v) is 6.31. The van der Waals surface area contributed by atoms with Gasteiger partial charge in [0.15, 0.2) is 34.7 Å². The maximum Gasteiger partial charge on any atom is 0.235 e. The van der Waals surface area contributed by atoms with Gasteiger partial charge in [-0.05, 0) is 31.6 Å². The van der Waals surface area contributed by atoms with Crippen molar-refractivity contribution in [2.75, 3.05) is 26.0 Å². The summed E-state index contributed by atoms with van der Waals surface area (Å²) in [6.45, 7) is 5.52. The molecule has 192 valence electrons. The molecule has 8 atom stereocenters. The maximum atomic E-state index is 13.9. The average molecular weight is 500 g/mol. The number of nitrogens with two attached hydrogens (primary N) is 1. The topological polar surface area (TPSA) is 187 Å². The van der Waals surface area contributed by atoms with Gasteiger partial charge in [0.1, 0.15) is 5.75 Å². The number of anilines is 1. The molecule has 4 rings (SSSR count). The fraction of sp³-hybridized carbons (Fsp3) is 0.480. The number of rotatable bonds is 5. The molecule has 0 aliphatic heterocycles. The van der Waals surface area contributed by atoms with Crippen LogP contribution < -0.4 is 11.1 Å². The number of aromatic hydroxyl groups is 1. The number of hydrogen-bond acceptors (Lipinski definition) is 10. The van der Waals surface area contributed by atoms with Gasteiger partial charge in [0.25, 0.3) is 0 Å². The number of aliphatic hydroxyl groups excluding tert-OH is 1. The molecule has 11 nitrogen and oxygen atoms in total. The van der Waals surface area contributed by atoms with Crippen LogP contribution in [0.25, 0.3) is 0 Å². The third-order valence-electron chi connectivity index (χ3n) is 7.93. The van der Waals surface area contributed by atoms with E-state index >= 15 is 0 Å². The van der Waals surface area contributed by atoms with Crippen LogP contribution >= 0.6 is 0 Å². The summed E-state index contributed by atoms with van der Waals surface area (Å²) < 4.78 is 0. The Balaban J connectivity index is 1.92. The lowest BCUT2D eigenvalue weighted by molar-refractivity contribution is -0.196. The first-order valence-corrected chi connectivity index (χ1v) is 11.6. The number of nitrogens with zero attached hydrogens (tertiary/aromatic N) is 1. The summed E-state index contributed by atoms with van der Waals surface area (Å²) in [5, 5.41) is 36.9. The summed E-state index contributed by atoms with van der Waals surface area (Å²) in [5.41, 5.74) is 2.72. The number of Topliss-reactive ketones (excluding diaryl/α,β-unsaturated/α-hetero) is 4. The van der Waals surface area contributed by atoms with Gasteiger partial charge >= 0.3 is 0 Å². The van der Waals surface area contributed by atoms with Gasteiger partial charge in [-0.3, -0.25) is 28.9 Å². The zero-order chi connectivity index (χ0) is 26.9. The molecule has 0 radical (unpaired) electrons. The van der Waals surface area contributed by atoms with Crippen LogP contribution in [0.15, 0.2) is 24.8 Å². The lowest BCUT2D eigenvalue weighted by Gasteiger charge is -2.56. The van der Waals surface area contributed by atoms with E-state index in [4.69, 9.17) is 5.73 Å². The molecule has 2 unspecified atom stereocenters. The van der Waals surface area contributed by atoms with Crippen molar-refractivity contribution in [2.45, 2.75) is 30.6 Å². The van der Waals surface area contributed by atoms with Crippen molar-refractivity contribution in [3.63, 3.8) is 0 Å². The Hall–Kier alpha value is -3.41. The fourth-order valence-electron chi connectivity index (χ4n) is 6.31. The van der Waals surface area contributed by atoms with Crippen molar-refractivity contribution in [1.29, 1.82) is 0 Å². The lowest BCUT2D eigenvalue weighted by atomic mass is 9.49. The highest BCUT2D eigenvalue weighted by molar-refractivity contribution is 6.32. The van der Waals surface area contributed by atoms with Crippen LogP contribution in [0.3, 0.4) is 0 Å². The second-order valence-electron chi connectivity index (χ2n) is 9.96. The summed E-state index contributed by atoms with van der Waals surface area (Å²) >= 11 is 0. The predicted octanol–water partition coefficient (Wildman–Crippen LogP) is -1.00. The molecule has 0 bridgehead atoms. The first-order chi connectivity index (χ1) is 16.8. The van der Waals surface area contributed by atoms with Gasteiger partial charge in [-0.25, -0.2) is 0 Å². The molecule has 2 fully saturated rings. The van der Waals surface area contributed by atoms with E-state index in [2.05, 4.69) is 11.9 Å². The standard InChI is InChI=1S/C25H29N3O8/c1-5-8-27-11-7-6-10-9(2)12-14(19(30)13(10)18(11)29)22(33)25(36)16(20(12)31)17(28(3)4)21(32)15(23(25)34)24(26)35/h5-7,9,12,14-17,20,27,29,31,36H,1,8H2,2-4H3,(H2,26,35)/t9-,12+,14?,15?,16+,17-,20-,25-/m1/s1. The normalized spacial score (nSPS) is 35.7.